The number of aryl methyl sites for hydroxylation is 1. The molecule has 2 aromatic carbocycles. The zero-order valence-corrected chi connectivity index (χ0v) is 13.2. The van der Waals surface area contributed by atoms with E-state index in [1.165, 1.54) is 22.4 Å². The maximum atomic E-state index is 5.94. The van der Waals surface area contributed by atoms with Crippen molar-refractivity contribution in [2.75, 3.05) is 4.90 Å². The van der Waals surface area contributed by atoms with Crippen LogP contribution in [-0.2, 0) is 12.4 Å². The molecular formula is C18H22ClN. The summed E-state index contributed by atoms with van der Waals surface area (Å²) < 4.78 is 0. The van der Waals surface area contributed by atoms with Crippen molar-refractivity contribution in [3.8, 4) is 0 Å². The van der Waals surface area contributed by atoms with Gasteiger partial charge in [-0.05, 0) is 49.6 Å². The highest BCUT2D eigenvalue weighted by Gasteiger charge is 2.12. The first-order chi connectivity index (χ1) is 9.61. The van der Waals surface area contributed by atoms with Crippen LogP contribution in [0.2, 0.25) is 0 Å². The molecule has 0 spiro atoms. The zero-order chi connectivity index (χ0) is 14.5. The average molecular weight is 288 g/mol. The van der Waals surface area contributed by atoms with Crippen molar-refractivity contribution >= 4 is 17.3 Å². The molecule has 2 rings (SSSR count). The van der Waals surface area contributed by atoms with E-state index >= 15 is 0 Å². The Morgan fingerprint density at radius 1 is 1.05 bits per heavy atom. The van der Waals surface area contributed by atoms with Crippen LogP contribution >= 0.6 is 11.6 Å². The Hall–Kier alpha value is -1.47. The lowest BCUT2D eigenvalue weighted by Crippen LogP contribution is -2.30. The molecule has 0 aromatic heterocycles. The molecule has 20 heavy (non-hydrogen) atoms. The van der Waals surface area contributed by atoms with E-state index in [9.17, 15) is 0 Å². The standard InChI is InChI=1S/C18H22ClN/c1-14(2)20(13-16-7-5-4-6-8-16)18-10-9-17(12-19)15(3)11-18/h4-11,14H,12-13H2,1-3H3. The van der Waals surface area contributed by atoms with Crippen LogP contribution in [0.4, 0.5) is 5.69 Å². The number of halogens is 1. The lowest BCUT2D eigenvalue weighted by atomic mass is 10.1. The van der Waals surface area contributed by atoms with Crippen molar-refractivity contribution < 1.29 is 0 Å². The Labute approximate surface area is 127 Å². The predicted molar refractivity (Wildman–Crippen MR) is 88.5 cm³/mol. The number of benzene rings is 2. The van der Waals surface area contributed by atoms with Crippen LogP contribution < -0.4 is 4.90 Å². The number of hydrogen-bond acceptors (Lipinski definition) is 1. The average Bonchev–Trinajstić information content (AvgIpc) is 2.45. The minimum Gasteiger partial charge on any atom is -0.365 e. The van der Waals surface area contributed by atoms with Gasteiger partial charge in [0.1, 0.15) is 0 Å². The van der Waals surface area contributed by atoms with E-state index in [0.717, 1.165) is 6.54 Å². The molecule has 0 atom stereocenters. The minimum atomic E-state index is 0.455. The molecule has 0 aliphatic carbocycles. The van der Waals surface area contributed by atoms with Crippen LogP contribution in [0.15, 0.2) is 48.5 Å². The SMILES string of the molecule is Cc1cc(N(Cc2ccccc2)C(C)C)ccc1CCl. The quantitative estimate of drug-likeness (QED) is 0.688. The maximum absolute atomic E-state index is 5.94. The lowest BCUT2D eigenvalue weighted by molar-refractivity contribution is 0.682. The number of alkyl halides is 1. The summed E-state index contributed by atoms with van der Waals surface area (Å²) in [6.07, 6.45) is 0. The zero-order valence-electron chi connectivity index (χ0n) is 12.4. The summed E-state index contributed by atoms with van der Waals surface area (Å²) in [7, 11) is 0. The molecule has 0 N–H and O–H groups in total. The Balaban J connectivity index is 2.27. The first kappa shape index (κ1) is 14.9. The van der Waals surface area contributed by atoms with Gasteiger partial charge in [0.05, 0.1) is 0 Å². The van der Waals surface area contributed by atoms with Crippen LogP contribution in [0, 0.1) is 6.92 Å². The Morgan fingerprint density at radius 2 is 1.75 bits per heavy atom. The Bertz CT molecular complexity index is 549. The van der Waals surface area contributed by atoms with Gasteiger partial charge in [0.25, 0.3) is 0 Å². The van der Waals surface area contributed by atoms with Gasteiger partial charge in [0, 0.05) is 24.2 Å². The van der Waals surface area contributed by atoms with Crippen molar-refractivity contribution in [2.24, 2.45) is 0 Å². The van der Waals surface area contributed by atoms with Crippen LogP contribution in [0.25, 0.3) is 0 Å². The van der Waals surface area contributed by atoms with Gasteiger partial charge in [-0.3, -0.25) is 0 Å². The molecular weight excluding hydrogens is 266 g/mol. The van der Waals surface area contributed by atoms with Gasteiger partial charge in [-0.25, -0.2) is 0 Å². The minimum absolute atomic E-state index is 0.455. The second-order valence-corrected chi connectivity index (χ2v) is 5.72. The largest absolute Gasteiger partial charge is 0.365 e. The Kier molecular flexibility index (Phi) is 5.08. The number of nitrogens with zero attached hydrogens (tertiary/aromatic N) is 1. The van der Waals surface area contributed by atoms with E-state index < -0.39 is 0 Å². The third-order valence-corrected chi connectivity index (χ3v) is 3.91. The van der Waals surface area contributed by atoms with Crippen molar-refractivity contribution in [1.29, 1.82) is 0 Å². The van der Waals surface area contributed by atoms with Crippen LogP contribution in [0.1, 0.15) is 30.5 Å². The van der Waals surface area contributed by atoms with E-state index in [0.29, 0.717) is 11.9 Å². The lowest BCUT2D eigenvalue weighted by Gasteiger charge is -2.30. The molecule has 0 unspecified atom stereocenters. The van der Waals surface area contributed by atoms with Crippen molar-refractivity contribution in [1.82, 2.24) is 0 Å². The number of rotatable bonds is 5. The highest BCUT2D eigenvalue weighted by Crippen LogP contribution is 2.24. The molecule has 0 aliphatic heterocycles. The first-order valence-corrected chi connectivity index (χ1v) is 7.61. The third-order valence-electron chi connectivity index (χ3n) is 3.62. The van der Waals surface area contributed by atoms with Gasteiger partial charge in [0.2, 0.25) is 0 Å². The predicted octanol–water partition coefficient (Wildman–Crippen LogP) is 5.15. The molecule has 0 fully saturated rings. The Morgan fingerprint density at radius 3 is 2.30 bits per heavy atom. The molecule has 0 saturated carbocycles. The summed E-state index contributed by atoms with van der Waals surface area (Å²) in [4.78, 5) is 2.42. The molecule has 2 heteroatoms. The van der Waals surface area contributed by atoms with Crippen molar-refractivity contribution in [3.63, 3.8) is 0 Å². The maximum Gasteiger partial charge on any atom is 0.0476 e. The van der Waals surface area contributed by atoms with E-state index in [1.54, 1.807) is 0 Å². The van der Waals surface area contributed by atoms with Crippen LogP contribution in [-0.4, -0.2) is 6.04 Å². The summed E-state index contributed by atoms with van der Waals surface area (Å²) in [6, 6.07) is 17.6. The van der Waals surface area contributed by atoms with Crippen LogP contribution in [0.3, 0.4) is 0 Å². The van der Waals surface area contributed by atoms with E-state index in [-0.39, 0.29) is 0 Å². The fourth-order valence-electron chi connectivity index (χ4n) is 2.36. The number of hydrogen-bond donors (Lipinski definition) is 0. The molecule has 0 radical (unpaired) electrons. The van der Waals surface area contributed by atoms with Gasteiger partial charge < -0.3 is 4.90 Å². The molecule has 0 heterocycles. The van der Waals surface area contributed by atoms with Gasteiger partial charge in [0.15, 0.2) is 0 Å². The molecule has 0 amide bonds. The fourth-order valence-corrected chi connectivity index (χ4v) is 2.66. The molecule has 0 saturated heterocycles. The molecule has 0 aliphatic rings. The smallest absolute Gasteiger partial charge is 0.0476 e. The van der Waals surface area contributed by atoms with Crippen molar-refractivity contribution in [2.45, 2.75) is 39.2 Å². The first-order valence-electron chi connectivity index (χ1n) is 7.08. The molecule has 0 bridgehead atoms. The monoisotopic (exact) mass is 287 g/mol. The molecule has 2 aromatic rings. The topological polar surface area (TPSA) is 3.24 Å². The van der Waals surface area contributed by atoms with Crippen molar-refractivity contribution in [3.05, 3.63) is 65.2 Å². The van der Waals surface area contributed by atoms with E-state index in [1.807, 2.05) is 0 Å². The highest BCUT2D eigenvalue weighted by atomic mass is 35.5. The van der Waals surface area contributed by atoms with Gasteiger partial charge in [-0.15, -0.1) is 11.6 Å². The van der Waals surface area contributed by atoms with Gasteiger partial charge in [-0.1, -0.05) is 36.4 Å². The normalized spacial score (nSPS) is 10.8. The second kappa shape index (κ2) is 6.81. The summed E-state index contributed by atoms with van der Waals surface area (Å²) in [5.74, 6) is 0.576. The highest BCUT2D eigenvalue weighted by molar-refractivity contribution is 6.17. The second-order valence-electron chi connectivity index (χ2n) is 5.45. The van der Waals surface area contributed by atoms with E-state index in [2.05, 4.69) is 74.2 Å². The molecule has 1 nitrogen and oxygen atoms in total. The summed E-state index contributed by atoms with van der Waals surface area (Å²) in [5.41, 5.74) is 5.06. The van der Waals surface area contributed by atoms with Gasteiger partial charge in [-0.2, -0.15) is 0 Å². The summed E-state index contributed by atoms with van der Waals surface area (Å²) in [6.45, 7) is 7.52. The summed E-state index contributed by atoms with van der Waals surface area (Å²) in [5, 5.41) is 0. The summed E-state index contributed by atoms with van der Waals surface area (Å²) >= 11 is 5.94. The third kappa shape index (κ3) is 3.55. The fraction of sp³-hybridized carbons (Fsp3) is 0.333. The van der Waals surface area contributed by atoms with Crippen LogP contribution in [0.5, 0.6) is 0 Å². The molecule has 106 valence electrons. The number of anilines is 1. The van der Waals surface area contributed by atoms with E-state index in [4.69, 9.17) is 11.6 Å². The van der Waals surface area contributed by atoms with Gasteiger partial charge >= 0.3 is 0 Å².